The van der Waals surface area contributed by atoms with E-state index < -0.39 is 6.04 Å². The molecule has 1 aliphatic rings. The molecule has 2 unspecified atom stereocenters. The molecule has 2 aromatic carbocycles. The van der Waals surface area contributed by atoms with Gasteiger partial charge in [0, 0.05) is 11.6 Å². The molecule has 7 heteroatoms. The molecule has 0 fully saturated rings. The minimum atomic E-state index is -0.509. The highest BCUT2D eigenvalue weighted by molar-refractivity contribution is 6.11. The van der Waals surface area contributed by atoms with Gasteiger partial charge in [0.05, 0.1) is 31.6 Å². The number of methoxy groups -OCH3 is 2. The third-order valence-corrected chi connectivity index (χ3v) is 4.81. The zero-order valence-corrected chi connectivity index (χ0v) is 16.5. The molecule has 1 heterocycles. The molecule has 0 bridgehead atoms. The number of ether oxygens (including phenoxy) is 2. The van der Waals surface area contributed by atoms with Gasteiger partial charge >= 0.3 is 0 Å². The monoisotopic (exact) mass is 383 g/mol. The van der Waals surface area contributed by atoms with Gasteiger partial charge in [0.2, 0.25) is 11.8 Å². The molecule has 1 aliphatic heterocycles. The second kappa shape index (κ2) is 8.31. The maximum atomic E-state index is 13.1. The summed E-state index contributed by atoms with van der Waals surface area (Å²) in [7, 11) is 3.21. The Morgan fingerprint density at radius 3 is 2.61 bits per heavy atom. The van der Waals surface area contributed by atoms with Crippen molar-refractivity contribution >= 4 is 23.2 Å². The third kappa shape index (κ3) is 3.94. The predicted molar refractivity (Wildman–Crippen MR) is 108 cm³/mol. The average molecular weight is 383 g/mol. The van der Waals surface area contributed by atoms with Crippen LogP contribution in [0.25, 0.3) is 0 Å². The predicted octanol–water partition coefficient (Wildman–Crippen LogP) is 2.73. The Balaban J connectivity index is 1.79. The fraction of sp³-hybridized carbons (Fsp3) is 0.333. The molecule has 0 radical (unpaired) electrons. The Hall–Kier alpha value is -3.06. The zero-order valence-electron chi connectivity index (χ0n) is 16.5. The summed E-state index contributed by atoms with van der Waals surface area (Å²) >= 11 is 0. The van der Waals surface area contributed by atoms with E-state index in [9.17, 15) is 9.59 Å². The van der Waals surface area contributed by atoms with Crippen molar-refractivity contribution in [2.24, 2.45) is 0 Å². The molecule has 3 rings (SSSR count). The Labute approximate surface area is 164 Å². The Morgan fingerprint density at radius 2 is 1.89 bits per heavy atom. The van der Waals surface area contributed by atoms with Crippen LogP contribution in [0, 0.1) is 0 Å². The van der Waals surface area contributed by atoms with E-state index >= 15 is 0 Å². The molecule has 0 spiro atoms. The van der Waals surface area contributed by atoms with Crippen LogP contribution < -0.4 is 25.0 Å². The van der Waals surface area contributed by atoms with E-state index in [2.05, 4.69) is 10.6 Å². The van der Waals surface area contributed by atoms with Crippen molar-refractivity contribution in [1.29, 1.82) is 0 Å². The third-order valence-electron chi connectivity index (χ3n) is 4.81. The van der Waals surface area contributed by atoms with Crippen LogP contribution in [0.15, 0.2) is 42.5 Å². The molecule has 2 atom stereocenters. The first-order chi connectivity index (χ1) is 13.4. The summed E-state index contributed by atoms with van der Waals surface area (Å²) in [5, 5.41) is 6.10. The number of para-hydroxylation sites is 2. The van der Waals surface area contributed by atoms with E-state index in [-0.39, 0.29) is 24.4 Å². The summed E-state index contributed by atoms with van der Waals surface area (Å²) in [5.41, 5.74) is 2.23. The van der Waals surface area contributed by atoms with Gasteiger partial charge in [-0.1, -0.05) is 12.1 Å². The molecule has 0 saturated heterocycles. The highest BCUT2D eigenvalue weighted by Crippen LogP contribution is 2.31. The number of rotatable bonds is 6. The normalized spacial score (nSPS) is 15.3. The first-order valence-electron chi connectivity index (χ1n) is 9.12. The second-order valence-corrected chi connectivity index (χ2v) is 6.71. The molecule has 0 aliphatic carbocycles. The van der Waals surface area contributed by atoms with Crippen molar-refractivity contribution in [2.45, 2.75) is 25.9 Å². The highest BCUT2D eigenvalue weighted by Gasteiger charge is 2.30. The molecular weight excluding hydrogens is 358 g/mol. The number of anilines is 2. The van der Waals surface area contributed by atoms with Crippen molar-refractivity contribution in [3.63, 3.8) is 0 Å². The van der Waals surface area contributed by atoms with Crippen molar-refractivity contribution < 1.29 is 19.1 Å². The summed E-state index contributed by atoms with van der Waals surface area (Å²) in [6.07, 6.45) is 0. The number of carbonyl (C=O) groups excluding carboxylic acids is 2. The van der Waals surface area contributed by atoms with Crippen LogP contribution in [0.1, 0.15) is 25.5 Å². The van der Waals surface area contributed by atoms with Crippen LogP contribution >= 0.6 is 0 Å². The van der Waals surface area contributed by atoms with Crippen LogP contribution in [0.5, 0.6) is 11.5 Å². The number of carbonyl (C=O) groups is 2. The molecule has 0 saturated carbocycles. The van der Waals surface area contributed by atoms with E-state index in [0.29, 0.717) is 22.9 Å². The molecular formula is C21H25N3O4. The van der Waals surface area contributed by atoms with Crippen molar-refractivity contribution in [3.05, 3.63) is 48.0 Å². The van der Waals surface area contributed by atoms with E-state index in [1.54, 1.807) is 27.2 Å². The minimum Gasteiger partial charge on any atom is -0.497 e. The number of hydrogen-bond acceptors (Lipinski definition) is 5. The first kappa shape index (κ1) is 19.7. The van der Waals surface area contributed by atoms with Crippen LogP contribution in [0.3, 0.4) is 0 Å². The summed E-state index contributed by atoms with van der Waals surface area (Å²) in [6, 6.07) is 12.2. The van der Waals surface area contributed by atoms with Crippen LogP contribution in [-0.4, -0.2) is 38.6 Å². The zero-order chi connectivity index (χ0) is 20.3. The Kier molecular flexibility index (Phi) is 5.84. The maximum absolute atomic E-state index is 13.1. The standard InChI is InChI=1S/C21H25N3O4/c1-13(16-11-15(27-3)9-10-19(16)28-4)22-14(2)21(26)24-12-20(25)23-17-7-5-6-8-18(17)24/h5-11,13-14,22H,12H2,1-4H3,(H,23,25). The Bertz CT molecular complexity index is 884. The molecule has 2 amide bonds. The lowest BCUT2D eigenvalue weighted by atomic mass is 10.0. The highest BCUT2D eigenvalue weighted by atomic mass is 16.5. The molecule has 7 nitrogen and oxygen atoms in total. The number of fused-ring (bicyclic) bond motifs is 1. The summed E-state index contributed by atoms with van der Waals surface area (Å²) in [4.78, 5) is 26.6. The van der Waals surface area contributed by atoms with Gasteiger partial charge in [0.25, 0.3) is 0 Å². The van der Waals surface area contributed by atoms with Gasteiger partial charge in [0.15, 0.2) is 0 Å². The van der Waals surface area contributed by atoms with Crippen LogP contribution in [-0.2, 0) is 9.59 Å². The van der Waals surface area contributed by atoms with Gasteiger partial charge in [-0.3, -0.25) is 19.8 Å². The van der Waals surface area contributed by atoms with Gasteiger partial charge < -0.3 is 14.8 Å². The summed E-state index contributed by atoms with van der Waals surface area (Å²) < 4.78 is 10.7. The molecule has 148 valence electrons. The maximum Gasteiger partial charge on any atom is 0.244 e. The van der Waals surface area contributed by atoms with Crippen molar-refractivity contribution in [3.8, 4) is 11.5 Å². The molecule has 2 aromatic rings. The fourth-order valence-electron chi connectivity index (χ4n) is 3.38. The molecule has 0 aromatic heterocycles. The second-order valence-electron chi connectivity index (χ2n) is 6.71. The largest absolute Gasteiger partial charge is 0.497 e. The fourth-order valence-corrected chi connectivity index (χ4v) is 3.38. The minimum absolute atomic E-state index is 0.00126. The van der Waals surface area contributed by atoms with E-state index in [1.807, 2.05) is 43.3 Å². The number of nitrogens with one attached hydrogen (secondary N) is 2. The lowest BCUT2D eigenvalue weighted by Crippen LogP contribution is -2.50. The van der Waals surface area contributed by atoms with E-state index in [1.165, 1.54) is 4.90 Å². The summed E-state index contributed by atoms with van der Waals surface area (Å²) in [5.74, 6) is 1.05. The van der Waals surface area contributed by atoms with Crippen LogP contribution in [0.2, 0.25) is 0 Å². The van der Waals surface area contributed by atoms with Gasteiger partial charge in [0.1, 0.15) is 18.0 Å². The molecule has 28 heavy (non-hydrogen) atoms. The Morgan fingerprint density at radius 1 is 1.14 bits per heavy atom. The lowest BCUT2D eigenvalue weighted by Gasteiger charge is -2.32. The van der Waals surface area contributed by atoms with Gasteiger partial charge in [-0.2, -0.15) is 0 Å². The number of hydrogen-bond donors (Lipinski definition) is 2. The topological polar surface area (TPSA) is 79.9 Å². The number of amides is 2. The van der Waals surface area contributed by atoms with Gasteiger partial charge in [-0.25, -0.2) is 0 Å². The quantitative estimate of drug-likeness (QED) is 0.802. The smallest absolute Gasteiger partial charge is 0.244 e. The lowest BCUT2D eigenvalue weighted by molar-refractivity contribution is -0.123. The number of benzene rings is 2. The van der Waals surface area contributed by atoms with E-state index in [4.69, 9.17) is 9.47 Å². The first-order valence-corrected chi connectivity index (χ1v) is 9.12. The SMILES string of the molecule is COc1ccc(OC)c(C(C)NC(C)C(=O)N2CC(=O)Nc3ccccc32)c1. The average Bonchev–Trinajstić information content (AvgIpc) is 2.71. The summed E-state index contributed by atoms with van der Waals surface area (Å²) in [6.45, 7) is 3.75. The van der Waals surface area contributed by atoms with Crippen molar-refractivity contribution in [2.75, 3.05) is 31.0 Å². The molecule has 2 N–H and O–H groups in total. The van der Waals surface area contributed by atoms with Crippen LogP contribution in [0.4, 0.5) is 11.4 Å². The van der Waals surface area contributed by atoms with E-state index in [0.717, 1.165) is 5.56 Å². The van der Waals surface area contributed by atoms with Gasteiger partial charge in [-0.15, -0.1) is 0 Å². The van der Waals surface area contributed by atoms with Crippen molar-refractivity contribution in [1.82, 2.24) is 5.32 Å². The number of nitrogens with zero attached hydrogens (tertiary/aromatic N) is 1. The van der Waals surface area contributed by atoms with Gasteiger partial charge in [-0.05, 0) is 44.2 Å².